The number of nitrogen functional groups attached to an aromatic ring is 1. The Hall–Kier alpha value is -1.61. The zero-order valence-electron chi connectivity index (χ0n) is 10.4. The summed E-state index contributed by atoms with van der Waals surface area (Å²) in [5.41, 5.74) is 0.129. The molecule has 0 radical (unpaired) electrons. The van der Waals surface area contributed by atoms with Gasteiger partial charge in [-0.2, -0.15) is 0 Å². The lowest BCUT2D eigenvalue weighted by Crippen LogP contribution is -2.17. The van der Waals surface area contributed by atoms with E-state index in [-0.39, 0.29) is 17.3 Å². The van der Waals surface area contributed by atoms with Gasteiger partial charge < -0.3 is 11.2 Å². The molecule has 2 aromatic rings. The monoisotopic (exact) mass is 359 g/mol. The SMILES string of the molecule is Cc1nnc(SCC(=O)Nc2ccc(Br)cc2F)n1N. The van der Waals surface area contributed by atoms with Crippen molar-refractivity contribution in [2.24, 2.45) is 0 Å². The van der Waals surface area contributed by atoms with Gasteiger partial charge in [0, 0.05) is 4.47 Å². The number of aromatic nitrogens is 3. The van der Waals surface area contributed by atoms with Crippen molar-refractivity contribution in [3.05, 3.63) is 34.3 Å². The summed E-state index contributed by atoms with van der Waals surface area (Å²) in [4.78, 5) is 11.7. The maximum absolute atomic E-state index is 13.5. The molecule has 0 atom stereocenters. The van der Waals surface area contributed by atoms with Gasteiger partial charge in [0.25, 0.3) is 0 Å². The van der Waals surface area contributed by atoms with Gasteiger partial charge in [0.2, 0.25) is 11.1 Å². The molecule has 3 N–H and O–H groups in total. The molecule has 9 heteroatoms. The van der Waals surface area contributed by atoms with E-state index in [9.17, 15) is 9.18 Å². The minimum atomic E-state index is -0.504. The Bertz CT molecular complexity index is 648. The lowest BCUT2D eigenvalue weighted by molar-refractivity contribution is -0.113. The summed E-state index contributed by atoms with van der Waals surface area (Å²) in [6.07, 6.45) is 0. The maximum atomic E-state index is 13.5. The van der Waals surface area contributed by atoms with Crippen LogP contribution in [0.5, 0.6) is 0 Å². The summed E-state index contributed by atoms with van der Waals surface area (Å²) >= 11 is 4.27. The van der Waals surface area contributed by atoms with Gasteiger partial charge in [-0.1, -0.05) is 27.7 Å². The first-order valence-electron chi connectivity index (χ1n) is 5.52. The molecular formula is C11H11BrFN5OS. The fraction of sp³-hybridized carbons (Fsp3) is 0.182. The molecule has 0 unspecified atom stereocenters. The first kappa shape index (κ1) is 14.8. The molecule has 0 aliphatic heterocycles. The van der Waals surface area contributed by atoms with Crippen molar-refractivity contribution in [3.63, 3.8) is 0 Å². The summed E-state index contributed by atoms with van der Waals surface area (Å²) in [5.74, 6) is 5.41. The third kappa shape index (κ3) is 3.48. The third-order valence-corrected chi connectivity index (χ3v) is 3.81. The van der Waals surface area contributed by atoms with Gasteiger partial charge in [0.1, 0.15) is 11.6 Å². The Morgan fingerprint density at radius 1 is 1.55 bits per heavy atom. The third-order valence-electron chi connectivity index (χ3n) is 2.37. The van der Waals surface area contributed by atoms with Gasteiger partial charge in [-0.25, -0.2) is 9.07 Å². The Morgan fingerprint density at radius 2 is 2.30 bits per heavy atom. The number of hydrogen-bond acceptors (Lipinski definition) is 5. The molecule has 1 aromatic carbocycles. The lowest BCUT2D eigenvalue weighted by Gasteiger charge is -2.06. The second kappa shape index (κ2) is 6.23. The molecule has 2 rings (SSSR count). The number of thioether (sulfide) groups is 1. The number of carbonyl (C=O) groups excluding carboxylic acids is 1. The first-order chi connectivity index (χ1) is 9.47. The van der Waals surface area contributed by atoms with Crippen molar-refractivity contribution >= 4 is 39.3 Å². The highest BCUT2D eigenvalue weighted by molar-refractivity contribution is 9.10. The smallest absolute Gasteiger partial charge is 0.234 e. The first-order valence-corrected chi connectivity index (χ1v) is 7.30. The van der Waals surface area contributed by atoms with Crippen molar-refractivity contribution < 1.29 is 9.18 Å². The zero-order valence-corrected chi connectivity index (χ0v) is 12.8. The summed E-state index contributed by atoms with van der Waals surface area (Å²) in [7, 11) is 0. The van der Waals surface area contributed by atoms with E-state index in [1.807, 2.05) is 0 Å². The molecule has 1 amide bonds. The van der Waals surface area contributed by atoms with E-state index in [1.165, 1.54) is 16.8 Å². The number of halogens is 2. The fourth-order valence-electron chi connectivity index (χ4n) is 1.36. The van der Waals surface area contributed by atoms with Crippen molar-refractivity contribution in [1.82, 2.24) is 14.9 Å². The van der Waals surface area contributed by atoms with Crippen LogP contribution < -0.4 is 11.2 Å². The number of benzene rings is 1. The van der Waals surface area contributed by atoms with Gasteiger partial charge in [0.05, 0.1) is 11.4 Å². The second-order valence-corrected chi connectivity index (χ2v) is 5.72. The average Bonchev–Trinajstić information content (AvgIpc) is 2.71. The summed E-state index contributed by atoms with van der Waals surface area (Å²) < 4.78 is 15.4. The number of carbonyl (C=O) groups is 1. The fourth-order valence-corrected chi connectivity index (χ4v) is 2.39. The molecule has 0 aliphatic carbocycles. The summed E-state index contributed by atoms with van der Waals surface area (Å²) in [6.45, 7) is 1.70. The predicted molar refractivity (Wildman–Crippen MR) is 78.4 cm³/mol. The largest absolute Gasteiger partial charge is 0.336 e. The van der Waals surface area contributed by atoms with Crippen LogP contribution in [0, 0.1) is 12.7 Å². The van der Waals surface area contributed by atoms with Gasteiger partial charge in [-0.05, 0) is 25.1 Å². The van der Waals surface area contributed by atoms with Gasteiger partial charge in [0.15, 0.2) is 0 Å². The minimum Gasteiger partial charge on any atom is -0.336 e. The Kier molecular flexibility index (Phi) is 4.61. The van der Waals surface area contributed by atoms with Crippen LogP contribution in [-0.4, -0.2) is 26.5 Å². The maximum Gasteiger partial charge on any atom is 0.234 e. The van der Waals surface area contributed by atoms with Gasteiger partial charge in [-0.3, -0.25) is 4.79 Å². The molecular weight excluding hydrogens is 349 g/mol. The number of amides is 1. The molecule has 0 saturated heterocycles. The van der Waals surface area contributed by atoms with Crippen LogP contribution in [0.3, 0.4) is 0 Å². The number of nitrogens with one attached hydrogen (secondary N) is 1. The van der Waals surface area contributed by atoms with Crippen molar-refractivity contribution in [1.29, 1.82) is 0 Å². The molecule has 0 aliphatic rings. The van der Waals surface area contributed by atoms with Crippen molar-refractivity contribution in [2.45, 2.75) is 12.1 Å². The number of rotatable bonds is 4. The average molecular weight is 360 g/mol. The zero-order chi connectivity index (χ0) is 14.7. The van der Waals surface area contributed by atoms with Crippen LogP contribution in [0.25, 0.3) is 0 Å². The molecule has 0 fully saturated rings. The number of nitrogens with two attached hydrogens (primary N) is 1. The number of aryl methyl sites for hydroxylation is 1. The van der Waals surface area contributed by atoms with Crippen molar-refractivity contribution in [2.75, 3.05) is 16.9 Å². The molecule has 0 bridgehead atoms. The quantitative estimate of drug-likeness (QED) is 0.643. The Balaban J connectivity index is 1.94. The van der Waals surface area contributed by atoms with E-state index < -0.39 is 5.82 Å². The Morgan fingerprint density at radius 3 is 2.90 bits per heavy atom. The van der Waals surface area contributed by atoms with Crippen molar-refractivity contribution in [3.8, 4) is 0 Å². The number of hydrogen-bond donors (Lipinski definition) is 2. The molecule has 1 aromatic heterocycles. The normalized spacial score (nSPS) is 10.6. The van der Waals surface area contributed by atoms with Crippen LogP contribution >= 0.6 is 27.7 Å². The summed E-state index contributed by atoms with van der Waals surface area (Å²) in [5, 5.41) is 10.5. The second-order valence-electron chi connectivity index (χ2n) is 3.86. The van der Waals surface area contributed by atoms with E-state index in [4.69, 9.17) is 5.84 Å². The van der Waals surface area contributed by atoms with E-state index in [1.54, 1.807) is 13.0 Å². The minimum absolute atomic E-state index is 0.0604. The molecule has 0 spiro atoms. The number of anilines is 1. The highest BCUT2D eigenvalue weighted by atomic mass is 79.9. The van der Waals surface area contributed by atoms with E-state index in [2.05, 4.69) is 31.4 Å². The van der Waals surface area contributed by atoms with Gasteiger partial charge in [-0.15, -0.1) is 10.2 Å². The molecule has 0 saturated carbocycles. The van der Waals surface area contributed by atoms with E-state index >= 15 is 0 Å². The van der Waals surface area contributed by atoms with E-state index in [0.717, 1.165) is 11.8 Å². The molecule has 106 valence electrons. The Labute approximate surface area is 127 Å². The van der Waals surface area contributed by atoms with Crippen LogP contribution in [0.1, 0.15) is 5.82 Å². The lowest BCUT2D eigenvalue weighted by atomic mass is 10.3. The van der Waals surface area contributed by atoms with Crippen LogP contribution in [-0.2, 0) is 4.79 Å². The number of nitrogens with zero attached hydrogens (tertiary/aromatic N) is 3. The molecule has 1 heterocycles. The van der Waals surface area contributed by atoms with Crippen LogP contribution in [0.15, 0.2) is 27.8 Å². The molecule has 20 heavy (non-hydrogen) atoms. The highest BCUT2D eigenvalue weighted by Gasteiger charge is 2.11. The topological polar surface area (TPSA) is 85.8 Å². The van der Waals surface area contributed by atoms with Crippen LogP contribution in [0.4, 0.5) is 10.1 Å². The van der Waals surface area contributed by atoms with Crippen LogP contribution in [0.2, 0.25) is 0 Å². The highest BCUT2D eigenvalue weighted by Crippen LogP contribution is 2.20. The predicted octanol–water partition coefficient (Wildman–Crippen LogP) is 1.93. The van der Waals surface area contributed by atoms with E-state index in [0.29, 0.717) is 15.5 Å². The summed E-state index contributed by atoms with van der Waals surface area (Å²) in [6, 6.07) is 4.41. The van der Waals surface area contributed by atoms with Gasteiger partial charge >= 0.3 is 0 Å². The molecule has 6 nitrogen and oxygen atoms in total. The standard InChI is InChI=1S/C11H11BrFN5OS/c1-6-16-17-11(18(6)14)20-5-10(19)15-9-3-2-7(12)4-8(9)13/h2-4H,5,14H2,1H3,(H,15,19).